The standard InChI is InChI=1S/C34H38N4O6.Hg.2Na.2H/c1-15-21(7-9-31(41)42)27-14-28-22(8-10-32(43)44)16(2)24(36-28)12-29-34(20(6)40)18(4)26(38-29)13-30-33(19(5)39)17(3)25(37-30)11-23(15)35-27;;;;;/h11-14,19-20,37-40H,7-10H2,1-6H3,(H,41,42)(H,43,44);;;;;/q;+2;2*+1;2*-1/p-2. The minimum Gasteiger partial charge on any atom is -1.00 e. The minimum atomic E-state index is -1.18. The quantitative estimate of drug-likeness (QED) is 0.192. The fraction of sp³-hybridized carbons (Fsp3) is 0.353. The Bertz CT molecular complexity index is 1950. The second-order valence-electron chi connectivity index (χ2n) is 11.6. The van der Waals surface area contributed by atoms with Crippen LogP contribution >= 0.6 is 0 Å². The first-order valence-corrected chi connectivity index (χ1v) is 14.7. The predicted octanol–water partition coefficient (Wildman–Crippen LogP) is -1.81. The van der Waals surface area contributed by atoms with Gasteiger partial charge < -0.3 is 42.8 Å². The number of nitrogens with zero attached hydrogens (tertiary/aromatic N) is 2. The number of aliphatic hydroxyl groups is 2. The Hall–Kier alpha value is -1.60. The van der Waals surface area contributed by atoms with Crippen LogP contribution in [-0.2, 0) is 37.3 Å². The number of carboxylic acids is 2. The number of hydrogen-bond donors (Lipinski definition) is 4. The van der Waals surface area contributed by atoms with Crippen LogP contribution in [0.5, 0.6) is 0 Å². The van der Waals surface area contributed by atoms with E-state index in [1.165, 1.54) is 0 Å². The van der Waals surface area contributed by atoms with Crippen molar-refractivity contribution in [2.24, 2.45) is 0 Å². The van der Waals surface area contributed by atoms with Gasteiger partial charge in [-0.25, -0.2) is 9.97 Å². The van der Waals surface area contributed by atoms with E-state index in [0.29, 0.717) is 39.4 Å². The van der Waals surface area contributed by atoms with Crippen molar-refractivity contribution in [3.05, 3.63) is 69.3 Å². The van der Waals surface area contributed by atoms with Crippen molar-refractivity contribution in [2.45, 2.75) is 79.4 Å². The fourth-order valence-electron chi connectivity index (χ4n) is 6.31. The molecule has 3 aromatic rings. The summed E-state index contributed by atoms with van der Waals surface area (Å²) in [6, 6.07) is 7.41. The van der Waals surface area contributed by atoms with Gasteiger partial charge in [0.25, 0.3) is 0 Å². The molecule has 4 N–H and O–H groups in total. The number of aliphatic carboxylic acids is 2. The summed E-state index contributed by atoms with van der Waals surface area (Å²) in [5, 5.41) is 44.4. The number of aliphatic hydroxyl groups excluding tert-OH is 2. The molecule has 2 aliphatic heterocycles. The molecule has 0 aliphatic carbocycles. The minimum absolute atomic E-state index is 0. The van der Waals surface area contributed by atoms with Crippen LogP contribution in [0.1, 0.15) is 113 Å². The van der Waals surface area contributed by atoms with Crippen molar-refractivity contribution >= 4 is 56.3 Å². The molecule has 2 unspecified atom stereocenters. The van der Waals surface area contributed by atoms with Crippen molar-refractivity contribution in [3.63, 3.8) is 0 Å². The van der Waals surface area contributed by atoms with Gasteiger partial charge >= 0.3 is 86.8 Å². The molecule has 47 heavy (non-hydrogen) atoms. The molecular formula is C34H38HgN4Na2O6. The normalized spacial score (nSPS) is 13.8. The van der Waals surface area contributed by atoms with Crippen LogP contribution in [0.3, 0.4) is 0 Å². The van der Waals surface area contributed by atoms with E-state index in [0.717, 1.165) is 50.0 Å². The summed E-state index contributed by atoms with van der Waals surface area (Å²) in [6.45, 7) is 11.0. The molecule has 0 saturated carbocycles. The third-order valence-corrected chi connectivity index (χ3v) is 8.63. The van der Waals surface area contributed by atoms with Gasteiger partial charge in [0, 0.05) is 45.1 Å². The molecule has 2 atom stereocenters. The van der Waals surface area contributed by atoms with Gasteiger partial charge in [-0.15, -0.1) is 0 Å². The topological polar surface area (TPSA) is 178 Å². The second-order valence-corrected chi connectivity index (χ2v) is 11.6. The summed E-state index contributed by atoms with van der Waals surface area (Å²) < 4.78 is 0. The van der Waals surface area contributed by atoms with Gasteiger partial charge in [-0.05, 0) is 125 Å². The molecular weight excluding hydrogens is 807 g/mol. The van der Waals surface area contributed by atoms with Crippen LogP contribution in [0.25, 0.3) is 44.4 Å². The van der Waals surface area contributed by atoms with E-state index < -0.39 is 24.1 Å². The van der Waals surface area contributed by atoms with E-state index in [-0.39, 0.29) is 115 Å². The van der Waals surface area contributed by atoms with Gasteiger partial charge in [-0.1, -0.05) is 0 Å². The number of aromatic nitrogens is 4. The predicted molar refractivity (Wildman–Crippen MR) is 167 cm³/mol. The molecule has 10 nitrogen and oxygen atoms in total. The average molecular weight is 845 g/mol. The van der Waals surface area contributed by atoms with Crippen LogP contribution in [0.2, 0.25) is 0 Å². The van der Waals surface area contributed by atoms with Crippen LogP contribution in [0, 0.1) is 13.8 Å². The van der Waals surface area contributed by atoms with Gasteiger partial charge in [-0.2, -0.15) is 0 Å². The SMILES string of the molecule is CC1=C(CCC(=O)[O-])c2cc3nc(cc4[nH]c(cc5[nH]c(cc1n2)c(C)c5C(C)O)c(C)c4C(C)O)C(C)=C3CCC(=O)[O-].[H-].[H-].[Hg+2].[Na+].[Na+]. The Kier molecular flexibility index (Phi) is 14.9. The van der Waals surface area contributed by atoms with Crippen molar-refractivity contribution in [1.29, 1.82) is 0 Å². The molecule has 5 heterocycles. The van der Waals surface area contributed by atoms with E-state index in [9.17, 15) is 30.0 Å². The number of allylic oxidation sites excluding steroid dienone is 4. The monoisotopic (exact) mass is 846 g/mol. The molecule has 3 aromatic heterocycles. The average Bonchev–Trinajstić information content (AvgIpc) is 3.59. The molecule has 8 bridgehead atoms. The van der Waals surface area contributed by atoms with Crippen LogP contribution in [0.15, 0.2) is 24.3 Å². The van der Waals surface area contributed by atoms with Gasteiger partial charge in [-0.3, -0.25) is 0 Å². The summed E-state index contributed by atoms with van der Waals surface area (Å²) in [7, 11) is 0. The summed E-state index contributed by atoms with van der Waals surface area (Å²) in [4.78, 5) is 39.5. The Morgan fingerprint density at radius 2 is 1.04 bits per heavy atom. The van der Waals surface area contributed by atoms with Gasteiger partial charge in [0.2, 0.25) is 0 Å². The Labute approximate surface area is 341 Å². The summed E-state index contributed by atoms with van der Waals surface area (Å²) >= 11 is 0. The molecule has 2 aliphatic rings. The zero-order valence-corrected chi connectivity index (χ0v) is 37.9. The van der Waals surface area contributed by atoms with E-state index in [2.05, 4.69) is 9.97 Å². The molecule has 0 radical (unpaired) electrons. The zero-order chi connectivity index (χ0) is 32.0. The summed E-state index contributed by atoms with van der Waals surface area (Å²) in [6.07, 6.45) is -1.59. The van der Waals surface area contributed by atoms with Gasteiger partial charge in [0.15, 0.2) is 0 Å². The molecule has 0 fully saturated rings. The van der Waals surface area contributed by atoms with Crippen LogP contribution < -0.4 is 69.3 Å². The number of fused-ring (bicyclic) bond motifs is 8. The van der Waals surface area contributed by atoms with Crippen molar-refractivity contribution < 1.29 is 120 Å². The van der Waals surface area contributed by atoms with E-state index in [1.807, 2.05) is 45.9 Å². The third-order valence-electron chi connectivity index (χ3n) is 8.63. The first kappa shape index (κ1) is 41.6. The number of rotatable bonds is 8. The molecule has 0 aromatic carbocycles. The first-order chi connectivity index (χ1) is 20.8. The van der Waals surface area contributed by atoms with E-state index in [1.54, 1.807) is 19.9 Å². The van der Waals surface area contributed by atoms with Crippen LogP contribution in [0.4, 0.5) is 0 Å². The van der Waals surface area contributed by atoms with Gasteiger partial charge in [0.05, 0.1) is 35.0 Å². The molecule has 5 rings (SSSR count). The Balaban J connectivity index is 0.00000461. The summed E-state index contributed by atoms with van der Waals surface area (Å²) in [5.74, 6) is -2.35. The van der Waals surface area contributed by atoms with Crippen LogP contribution in [-0.4, -0.2) is 42.1 Å². The molecule has 234 valence electrons. The van der Waals surface area contributed by atoms with E-state index >= 15 is 0 Å². The van der Waals surface area contributed by atoms with Crippen molar-refractivity contribution in [1.82, 2.24) is 19.9 Å². The fourth-order valence-corrected chi connectivity index (χ4v) is 6.31. The zero-order valence-electron chi connectivity index (χ0n) is 30.4. The maximum atomic E-state index is 11.4. The first-order valence-electron chi connectivity index (χ1n) is 14.7. The van der Waals surface area contributed by atoms with Crippen molar-refractivity contribution in [2.75, 3.05) is 0 Å². The maximum Gasteiger partial charge on any atom is 2.00 e. The summed E-state index contributed by atoms with van der Waals surface area (Å²) in [5.41, 5.74) is 11.3. The van der Waals surface area contributed by atoms with E-state index in [4.69, 9.17) is 9.97 Å². The number of aryl methyl sites for hydroxylation is 2. The number of carbonyl (C=O) groups excluding carboxylic acids is 2. The number of carboxylic acid groups (broad SMARTS) is 2. The number of aromatic amines is 2. The molecule has 13 heteroatoms. The molecule has 0 saturated heterocycles. The number of hydrogen-bond acceptors (Lipinski definition) is 8. The number of nitrogens with one attached hydrogen (secondary N) is 2. The number of H-pyrrole nitrogens is 2. The molecule has 0 amide bonds. The van der Waals surface area contributed by atoms with Gasteiger partial charge in [0.1, 0.15) is 0 Å². The number of carbonyl (C=O) groups is 2. The third kappa shape index (κ3) is 8.59. The Morgan fingerprint density at radius 1 is 0.681 bits per heavy atom. The largest absolute Gasteiger partial charge is 2.00 e. The van der Waals surface area contributed by atoms with Crippen molar-refractivity contribution in [3.8, 4) is 0 Å². The Morgan fingerprint density at radius 3 is 1.43 bits per heavy atom. The smallest absolute Gasteiger partial charge is 1.00 e. The second kappa shape index (κ2) is 16.9. The molecule has 0 spiro atoms. The maximum absolute atomic E-state index is 11.4.